The van der Waals surface area contributed by atoms with Crippen LogP contribution in [0.2, 0.25) is 0 Å². The van der Waals surface area contributed by atoms with Crippen LogP contribution in [0, 0.1) is 0 Å². The minimum Gasteiger partial charge on any atom is -0.307 e. The first-order valence-electron chi connectivity index (χ1n) is 13.3. The summed E-state index contributed by atoms with van der Waals surface area (Å²) < 4.78 is 2.52. The van der Waals surface area contributed by atoms with Crippen LogP contribution in [-0.2, 0) is 0 Å². The van der Waals surface area contributed by atoms with E-state index in [0.29, 0.717) is 0 Å². The Bertz CT molecular complexity index is 2010. The lowest BCUT2D eigenvalue weighted by molar-refractivity contribution is 1.17. The van der Waals surface area contributed by atoms with Gasteiger partial charge in [0.2, 0.25) is 0 Å². The van der Waals surface area contributed by atoms with Gasteiger partial charge in [0.25, 0.3) is 0 Å². The molecule has 182 valence electrons. The monoisotopic (exact) mass is 496 g/mol. The Morgan fingerprint density at radius 1 is 0.385 bits per heavy atom. The first-order valence-corrected chi connectivity index (χ1v) is 13.3. The van der Waals surface area contributed by atoms with E-state index < -0.39 is 0 Å². The van der Waals surface area contributed by atoms with E-state index in [1.165, 1.54) is 43.4 Å². The SMILES string of the molecule is c1ccc(-c2cncc(-c3ccccc3)c2-n2c3c4ccccc4ccc3c3ccc4ccccc4c32)cc1. The lowest BCUT2D eigenvalue weighted by Crippen LogP contribution is -2.02. The second-order valence-electron chi connectivity index (χ2n) is 10.0. The van der Waals surface area contributed by atoms with Crippen molar-refractivity contribution in [2.45, 2.75) is 0 Å². The van der Waals surface area contributed by atoms with Gasteiger partial charge < -0.3 is 4.57 Å². The van der Waals surface area contributed by atoms with Gasteiger partial charge in [0.1, 0.15) is 0 Å². The summed E-state index contributed by atoms with van der Waals surface area (Å²) in [5, 5.41) is 7.45. The largest absolute Gasteiger partial charge is 0.307 e. The van der Waals surface area contributed by atoms with E-state index >= 15 is 0 Å². The molecule has 0 aliphatic rings. The summed E-state index contributed by atoms with van der Waals surface area (Å²) in [5.74, 6) is 0. The topological polar surface area (TPSA) is 17.8 Å². The Hall–Kier alpha value is -5.21. The van der Waals surface area contributed by atoms with Gasteiger partial charge in [-0.25, -0.2) is 0 Å². The molecule has 0 fully saturated rings. The van der Waals surface area contributed by atoms with Gasteiger partial charge in [0.15, 0.2) is 0 Å². The Morgan fingerprint density at radius 2 is 0.821 bits per heavy atom. The minimum atomic E-state index is 1.11. The fourth-order valence-electron chi connectivity index (χ4n) is 6.11. The van der Waals surface area contributed by atoms with Crippen LogP contribution < -0.4 is 0 Å². The van der Waals surface area contributed by atoms with Crippen LogP contribution in [0.15, 0.2) is 146 Å². The van der Waals surface area contributed by atoms with Gasteiger partial charge >= 0.3 is 0 Å². The van der Waals surface area contributed by atoms with E-state index in [1.54, 1.807) is 0 Å². The maximum absolute atomic E-state index is 4.78. The van der Waals surface area contributed by atoms with Crippen LogP contribution in [-0.4, -0.2) is 9.55 Å². The first-order chi connectivity index (χ1) is 19.4. The van der Waals surface area contributed by atoms with Crippen LogP contribution in [0.5, 0.6) is 0 Å². The molecule has 0 aliphatic carbocycles. The van der Waals surface area contributed by atoms with Gasteiger partial charge in [0, 0.05) is 45.1 Å². The molecule has 0 saturated carbocycles. The summed E-state index contributed by atoms with van der Waals surface area (Å²) in [7, 11) is 0. The summed E-state index contributed by atoms with van der Waals surface area (Å²) in [6.45, 7) is 0. The van der Waals surface area contributed by atoms with Crippen LogP contribution in [0.25, 0.3) is 71.3 Å². The summed E-state index contributed by atoms with van der Waals surface area (Å²) in [4.78, 5) is 4.78. The first kappa shape index (κ1) is 21.8. The highest BCUT2D eigenvalue weighted by Gasteiger charge is 2.22. The Balaban J connectivity index is 1.67. The van der Waals surface area contributed by atoms with Crippen molar-refractivity contribution in [2.75, 3.05) is 0 Å². The number of nitrogens with zero attached hydrogens (tertiary/aromatic N) is 2. The maximum atomic E-state index is 4.78. The summed E-state index contributed by atoms with van der Waals surface area (Å²) in [6, 6.07) is 47.8. The van der Waals surface area contributed by atoms with Crippen molar-refractivity contribution in [3.63, 3.8) is 0 Å². The quantitative estimate of drug-likeness (QED) is 0.238. The molecule has 0 spiro atoms. The standard InChI is InChI=1S/C37H24N2/c1-3-11-25(12-4-1)33-23-38-24-34(26-13-5-2-6-14-26)37(33)39-35-29-17-9-7-15-27(29)19-21-31(35)32-22-20-28-16-8-10-18-30(28)36(32)39/h1-24H. The van der Waals surface area contributed by atoms with Crippen molar-refractivity contribution >= 4 is 43.4 Å². The molecule has 0 unspecified atom stereocenters. The highest BCUT2D eigenvalue weighted by Crippen LogP contribution is 2.44. The van der Waals surface area contributed by atoms with Gasteiger partial charge in [0.05, 0.1) is 16.7 Å². The third kappa shape index (κ3) is 3.32. The number of rotatable bonds is 3. The molecule has 0 atom stereocenters. The molecule has 0 N–H and O–H groups in total. The Kier molecular flexibility index (Phi) is 4.86. The zero-order valence-electron chi connectivity index (χ0n) is 21.3. The van der Waals surface area contributed by atoms with E-state index in [1.807, 2.05) is 12.4 Å². The van der Waals surface area contributed by atoms with Gasteiger partial charge in [-0.2, -0.15) is 0 Å². The second kappa shape index (κ2) is 8.68. The molecule has 39 heavy (non-hydrogen) atoms. The zero-order valence-corrected chi connectivity index (χ0v) is 21.3. The molecular formula is C37H24N2. The van der Waals surface area contributed by atoms with Crippen molar-refractivity contribution in [1.29, 1.82) is 0 Å². The van der Waals surface area contributed by atoms with E-state index in [2.05, 4.69) is 138 Å². The number of benzene rings is 6. The maximum Gasteiger partial charge on any atom is 0.0650 e. The zero-order chi connectivity index (χ0) is 25.8. The molecule has 2 heterocycles. The van der Waals surface area contributed by atoms with Crippen LogP contribution in [0.3, 0.4) is 0 Å². The van der Waals surface area contributed by atoms with Gasteiger partial charge in [-0.1, -0.05) is 133 Å². The second-order valence-corrected chi connectivity index (χ2v) is 10.0. The molecule has 0 amide bonds. The van der Waals surface area contributed by atoms with Crippen molar-refractivity contribution in [3.8, 4) is 27.9 Å². The van der Waals surface area contributed by atoms with E-state index in [9.17, 15) is 0 Å². The van der Waals surface area contributed by atoms with Gasteiger partial charge in [-0.3, -0.25) is 4.98 Å². The molecule has 2 nitrogen and oxygen atoms in total. The minimum absolute atomic E-state index is 1.11. The third-order valence-corrected chi connectivity index (χ3v) is 7.85. The third-order valence-electron chi connectivity index (χ3n) is 7.85. The molecule has 0 radical (unpaired) electrons. The highest BCUT2D eigenvalue weighted by atomic mass is 15.0. The Labute approximate surface area is 226 Å². The molecule has 2 aromatic heterocycles. The van der Waals surface area contributed by atoms with Crippen LogP contribution >= 0.6 is 0 Å². The van der Waals surface area contributed by atoms with Gasteiger partial charge in [-0.15, -0.1) is 0 Å². The van der Waals surface area contributed by atoms with E-state index in [4.69, 9.17) is 4.98 Å². The molecule has 6 aromatic carbocycles. The predicted molar refractivity (Wildman–Crippen MR) is 164 cm³/mol. The number of hydrogen-bond donors (Lipinski definition) is 0. The summed E-state index contributed by atoms with van der Waals surface area (Å²) in [5.41, 5.74) is 8.10. The number of fused-ring (bicyclic) bond motifs is 7. The molecule has 0 saturated heterocycles. The number of pyridine rings is 1. The normalized spacial score (nSPS) is 11.6. The number of hydrogen-bond acceptors (Lipinski definition) is 1. The van der Waals surface area contributed by atoms with Crippen molar-refractivity contribution in [2.24, 2.45) is 0 Å². The fraction of sp³-hybridized carbons (Fsp3) is 0. The van der Waals surface area contributed by atoms with Crippen LogP contribution in [0.4, 0.5) is 0 Å². The van der Waals surface area contributed by atoms with E-state index in [-0.39, 0.29) is 0 Å². The fourth-order valence-corrected chi connectivity index (χ4v) is 6.11. The molecule has 0 bridgehead atoms. The molecule has 8 aromatic rings. The van der Waals surface area contributed by atoms with E-state index in [0.717, 1.165) is 27.9 Å². The predicted octanol–water partition coefficient (Wildman–Crippen LogP) is 9.82. The lowest BCUT2D eigenvalue weighted by Gasteiger charge is -2.19. The van der Waals surface area contributed by atoms with Crippen molar-refractivity contribution in [3.05, 3.63) is 146 Å². The Morgan fingerprint density at radius 3 is 1.31 bits per heavy atom. The van der Waals surface area contributed by atoms with Gasteiger partial charge in [-0.05, 0) is 21.9 Å². The summed E-state index contributed by atoms with van der Waals surface area (Å²) >= 11 is 0. The van der Waals surface area contributed by atoms with Crippen LogP contribution in [0.1, 0.15) is 0 Å². The molecule has 0 aliphatic heterocycles. The average molecular weight is 497 g/mol. The molecule has 2 heteroatoms. The molecular weight excluding hydrogens is 472 g/mol. The van der Waals surface area contributed by atoms with Crippen molar-refractivity contribution < 1.29 is 0 Å². The lowest BCUT2D eigenvalue weighted by atomic mass is 9.98. The molecule has 8 rings (SSSR count). The smallest absolute Gasteiger partial charge is 0.0650 e. The highest BCUT2D eigenvalue weighted by molar-refractivity contribution is 6.24. The summed E-state index contributed by atoms with van der Waals surface area (Å²) in [6.07, 6.45) is 4.04. The van der Waals surface area contributed by atoms with Crippen molar-refractivity contribution in [1.82, 2.24) is 9.55 Å². The number of aromatic nitrogens is 2. The average Bonchev–Trinajstić information content (AvgIpc) is 3.36.